The highest BCUT2D eigenvalue weighted by Crippen LogP contribution is 2.18. The molecule has 0 radical (unpaired) electrons. The van der Waals surface area contributed by atoms with Gasteiger partial charge in [-0.25, -0.2) is 0 Å². The van der Waals surface area contributed by atoms with E-state index in [4.69, 9.17) is 0 Å². The maximum Gasteiger partial charge on any atom is 0.252 e. The van der Waals surface area contributed by atoms with Crippen LogP contribution < -0.4 is 5.32 Å². The van der Waals surface area contributed by atoms with Gasteiger partial charge in [0.15, 0.2) is 0 Å². The lowest BCUT2D eigenvalue weighted by Gasteiger charge is -2.09. The molecule has 1 amide bonds. The zero-order valence-corrected chi connectivity index (χ0v) is 13.8. The van der Waals surface area contributed by atoms with Gasteiger partial charge in [0.1, 0.15) is 0 Å². The molecule has 20 heavy (non-hydrogen) atoms. The number of carbonyl (C=O) groups is 1. The van der Waals surface area contributed by atoms with E-state index in [2.05, 4.69) is 32.9 Å². The van der Waals surface area contributed by atoms with Crippen LogP contribution in [0.25, 0.3) is 10.9 Å². The summed E-state index contributed by atoms with van der Waals surface area (Å²) in [5, 5.41) is 3.93. The van der Waals surface area contributed by atoms with Crippen LogP contribution in [0.2, 0.25) is 0 Å². The summed E-state index contributed by atoms with van der Waals surface area (Å²) < 4.78 is 1.18. The molecule has 0 atom stereocenters. The number of pyridine rings is 1. The topological polar surface area (TPSA) is 42.0 Å². The molecule has 0 spiro atoms. The van der Waals surface area contributed by atoms with E-state index in [-0.39, 0.29) is 5.91 Å². The Bertz CT molecular complexity index is 598. The standard InChI is InChI=1S/C16H19IN2O/c1-12-11-14(13-7-3-4-8-15(13)19-12)16(20)18-10-6-2-5-9-17/h3-4,7-8,11H,2,5-6,9-10H2,1H3,(H,18,20). The number of para-hydroxylation sites is 1. The lowest BCUT2D eigenvalue weighted by molar-refractivity contribution is 0.0954. The number of nitrogens with one attached hydrogen (secondary N) is 1. The third-order valence-electron chi connectivity index (χ3n) is 3.18. The van der Waals surface area contributed by atoms with Gasteiger partial charge in [-0.2, -0.15) is 0 Å². The van der Waals surface area contributed by atoms with Crippen molar-refractivity contribution in [2.45, 2.75) is 26.2 Å². The minimum atomic E-state index is 0.00109. The normalized spacial score (nSPS) is 10.7. The van der Waals surface area contributed by atoms with Crippen LogP contribution in [0.4, 0.5) is 0 Å². The number of hydrogen-bond donors (Lipinski definition) is 1. The molecule has 0 saturated carbocycles. The fourth-order valence-electron chi connectivity index (χ4n) is 2.19. The minimum Gasteiger partial charge on any atom is -0.352 e. The quantitative estimate of drug-likeness (QED) is 0.468. The molecule has 1 aromatic carbocycles. The number of alkyl halides is 1. The highest BCUT2D eigenvalue weighted by atomic mass is 127. The Morgan fingerprint density at radius 1 is 1.25 bits per heavy atom. The summed E-state index contributed by atoms with van der Waals surface area (Å²) in [6.07, 6.45) is 3.42. The summed E-state index contributed by atoms with van der Waals surface area (Å²) in [5.74, 6) is 0.00109. The van der Waals surface area contributed by atoms with Gasteiger partial charge in [0.25, 0.3) is 5.91 Å². The number of carbonyl (C=O) groups excluding carboxylic acids is 1. The summed E-state index contributed by atoms with van der Waals surface area (Å²) in [6, 6.07) is 9.64. The molecule has 0 aliphatic heterocycles. The molecule has 2 rings (SSSR count). The molecule has 2 aromatic rings. The maximum atomic E-state index is 12.3. The molecule has 4 heteroatoms. The first-order valence-electron chi connectivity index (χ1n) is 6.93. The lowest BCUT2D eigenvalue weighted by atomic mass is 10.1. The van der Waals surface area contributed by atoms with Crippen molar-refractivity contribution in [2.24, 2.45) is 0 Å². The van der Waals surface area contributed by atoms with Crippen molar-refractivity contribution in [3.8, 4) is 0 Å². The molecule has 0 aliphatic rings. The Balaban J connectivity index is 2.09. The number of nitrogens with zero attached hydrogens (tertiary/aromatic N) is 1. The second-order valence-electron chi connectivity index (χ2n) is 4.83. The summed E-state index contributed by atoms with van der Waals surface area (Å²) in [5.41, 5.74) is 2.48. The zero-order chi connectivity index (χ0) is 14.4. The molecular formula is C16H19IN2O. The number of benzene rings is 1. The minimum absolute atomic E-state index is 0.00109. The molecule has 1 N–H and O–H groups in total. The SMILES string of the molecule is Cc1cc(C(=O)NCCCCCI)c2ccccc2n1. The van der Waals surface area contributed by atoms with Crippen LogP contribution in [0.5, 0.6) is 0 Å². The van der Waals surface area contributed by atoms with Gasteiger partial charge >= 0.3 is 0 Å². The van der Waals surface area contributed by atoms with Crippen LogP contribution in [0.1, 0.15) is 35.3 Å². The Morgan fingerprint density at radius 3 is 2.85 bits per heavy atom. The number of halogens is 1. The highest BCUT2D eigenvalue weighted by Gasteiger charge is 2.10. The van der Waals surface area contributed by atoms with E-state index in [1.54, 1.807) is 0 Å². The van der Waals surface area contributed by atoms with E-state index >= 15 is 0 Å². The lowest BCUT2D eigenvalue weighted by Crippen LogP contribution is -2.24. The molecule has 0 aliphatic carbocycles. The third kappa shape index (κ3) is 3.91. The van der Waals surface area contributed by atoms with Crippen LogP contribution in [0.3, 0.4) is 0 Å². The predicted molar refractivity (Wildman–Crippen MR) is 91.6 cm³/mol. The summed E-state index contributed by atoms with van der Waals surface area (Å²) >= 11 is 2.38. The Hall–Kier alpha value is -1.17. The average Bonchev–Trinajstić information content (AvgIpc) is 2.46. The fraction of sp³-hybridized carbons (Fsp3) is 0.375. The van der Waals surface area contributed by atoms with Crippen molar-refractivity contribution in [3.05, 3.63) is 41.6 Å². The van der Waals surface area contributed by atoms with Crippen LogP contribution >= 0.6 is 22.6 Å². The maximum absolute atomic E-state index is 12.3. The fourth-order valence-corrected chi connectivity index (χ4v) is 2.73. The number of aromatic nitrogens is 1. The Kier molecular flexibility index (Phi) is 5.76. The number of aryl methyl sites for hydroxylation is 1. The van der Waals surface area contributed by atoms with Crippen molar-refractivity contribution in [2.75, 3.05) is 11.0 Å². The van der Waals surface area contributed by atoms with E-state index in [1.165, 1.54) is 17.3 Å². The predicted octanol–water partition coefficient (Wildman–Crippen LogP) is 3.88. The smallest absolute Gasteiger partial charge is 0.252 e. The molecule has 1 heterocycles. The monoisotopic (exact) mass is 382 g/mol. The molecular weight excluding hydrogens is 363 g/mol. The third-order valence-corrected chi connectivity index (χ3v) is 3.95. The van der Waals surface area contributed by atoms with E-state index in [9.17, 15) is 4.79 Å². The number of unbranched alkanes of at least 4 members (excludes halogenated alkanes) is 2. The van der Waals surface area contributed by atoms with Crippen LogP contribution in [-0.2, 0) is 0 Å². The van der Waals surface area contributed by atoms with Crippen LogP contribution in [0, 0.1) is 6.92 Å². The Morgan fingerprint density at radius 2 is 2.05 bits per heavy atom. The first-order valence-corrected chi connectivity index (χ1v) is 8.45. The van der Waals surface area contributed by atoms with Gasteiger partial charge in [-0.15, -0.1) is 0 Å². The molecule has 0 saturated heterocycles. The molecule has 1 aromatic heterocycles. The number of hydrogen-bond acceptors (Lipinski definition) is 2. The van der Waals surface area contributed by atoms with Gasteiger partial charge in [-0.1, -0.05) is 47.2 Å². The van der Waals surface area contributed by atoms with Gasteiger partial charge in [0.05, 0.1) is 11.1 Å². The van der Waals surface area contributed by atoms with Gasteiger partial charge in [0, 0.05) is 17.6 Å². The van der Waals surface area contributed by atoms with Crippen molar-refractivity contribution >= 4 is 39.4 Å². The molecule has 0 unspecified atom stereocenters. The van der Waals surface area contributed by atoms with Crippen molar-refractivity contribution < 1.29 is 4.79 Å². The number of amides is 1. The van der Waals surface area contributed by atoms with Crippen LogP contribution in [-0.4, -0.2) is 21.9 Å². The van der Waals surface area contributed by atoms with Crippen molar-refractivity contribution in [1.82, 2.24) is 10.3 Å². The van der Waals surface area contributed by atoms with E-state index in [0.29, 0.717) is 0 Å². The van der Waals surface area contributed by atoms with E-state index < -0.39 is 0 Å². The van der Waals surface area contributed by atoms with Gasteiger partial charge < -0.3 is 5.32 Å². The van der Waals surface area contributed by atoms with Crippen molar-refractivity contribution in [3.63, 3.8) is 0 Å². The molecule has 106 valence electrons. The van der Waals surface area contributed by atoms with E-state index in [1.807, 2.05) is 37.3 Å². The van der Waals surface area contributed by atoms with Crippen LogP contribution in [0.15, 0.2) is 30.3 Å². The summed E-state index contributed by atoms with van der Waals surface area (Å²) in [6.45, 7) is 2.66. The largest absolute Gasteiger partial charge is 0.352 e. The first-order chi connectivity index (χ1) is 9.72. The van der Waals surface area contributed by atoms with Gasteiger partial charge in [0.2, 0.25) is 0 Å². The first kappa shape index (κ1) is 15.2. The summed E-state index contributed by atoms with van der Waals surface area (Å²) in [4.78, 5) is 16.8. The molecule has 0 bridgehead atoms. The van der Waals surface area contributed by atoms with Gasteiger partial charge in [-0.3, -0.25) is 9.78 Å². The molecule has 0 fully saturated rings. The number of fused-ring (bicyclic) bond motifs is 1. The average molecular weight is 382 g/mol. The summed E-state index contributed by atoms with van der Waals surface area (Å²) in [7, 11) is 0. The Labute approximate surface area is 133 Å². The second-order valence-corrected chi connectivity index (χ2v) is 5.91. The van der Waals surface area contributed by atoms with E-state index in [0.717, 1.165) is 35.1 Å². The zero-order valence-electron chi connectivity index (χ0n) is 11.7. The number of rotatable bonds is 6. The van der Waals surface area contributed by atoms with Gasteiger partial charge in [-0.05, 0) is 36.3 Å². The molecule has 3 nitrogen and oxygen atoms in total. The second kappa shape index (κ2) is 7.57. The van der Waals surface area contributed by atoms with Crippen molar-refractivity contribution in [1.29, 1.82) is 0 Å². The highest BCUT2D eigenvalue weighted by molar-refractivity contribution is 14.1.